The van der Waals surface area contributed by atoms with E-state index in [0.29, 0.717) is 23.4 Å². The second-order valence-corrected chi connectivity index (χ2v) is 8.99. The predicted octanol–water partition coefficient (Wildman–Crippen LogP) is 3.71. The third-order valence-corrected chi connectivity index (χ3v) is 6.46. The van der Waals surface area contributed by atoms with Crippen LogP contribution in [0.25, 0.3) is 0 Å². The van der Waals surface area contributed by atoms with E-state index in [4.69, 9.17) is 21.3 Å². The second kappa shape index (κ2) is 9.48. The topological polar surface area (TPSA) is 74.7 Å². The lowest BCUT2D eigenvalue weighted by molar-refractivity contribution is 0.0526. The number of hydrogen-bond donors (Lipinski definition) is 0. The van der Waals surface area contributed by atoms with E-state index in [-0.39, 0.29) is 12.0 Å². The standard InChI is InChI=1S/C23H31ClN6O2/c1-5-32-22(31)18-11-15(2)21(25-13-18)28-9-10-29(17(4)14-28)20-12-19(24)26-23(27-20)30-8-6-7-16(30)3/h11-13,16-17H,5-10,14H2,1-4H3. The fourth-order valence-corrected chi connectivity index (χ4v) is 4.79. The number of nitrogens with zero attached hydrogens (tertiary/aromatic N) is 6. The van der Waals surface area contributed by atoms with Crippen LogP contribution in [0, 0.1) is 6.92 Å². The Balaban J connectivity index is 1.49. The predicted molar refractivity (Wildman–Crippen MR) is 127 cm³/mol. The summed E-state index contributed by atoms with van der Waals surface area (Å²) in [6.07, 6.45) is 3.91. The summed E-state index contributed by atoms with van der Waals surface area (Å²) < 4.78 is 5.09. The van der Waals surface area contributed by atoms with E-state index in [1.807, 2.05) is 19.1 Å². The van der Waals surface area contributed by atoms with Crippen molar-refractivity contribution in [3.63, 3.8) is 0 Å². The Morgan fingerprint density at radius 3 is 2.62 bits per heavy atom. The number of aromatic nitrogens is 3. The first-order valence-electron chi connectivity index (χ1n) is 11.3. The van der Waals surface area contributed by atoms with Crippen molar-refractivity contribution in [2.45, 2.75) is 52.6 Å². The van der Waals surface area contributed by atoms with Crippen LogP contribution in [-0.2, 0) is 4.74 Å². The smallest absolute Gasteiger partial charge is 0.339 e. The molecule has 0 spiro atoms. The van der Waals surface area contributed by atoms with Crippen molar-refractivity contribution in [2.75, 3.05) is 47.5 Å². The number of halogens is 1. The van der Waals surface area contributed by atoms with E-state index < -0.39 is 0 Å². The first kappa shape index (κ1) is 22.6. The molecule has 0 N–H and O–H groups in total. The average Bonchev–Trinajstić information content (AvgIpc) is 3.19. The Kier molecular flexibility index (Phi) is 6.69. The van der Waals surface area contributed by atoms with E-state index in [2.05, 4.69) is 38.5 Å². The van der Waals surface area contributed by atoms with Crippen molar-refractivity contribution < 1.29 is 9.53 Å². The van der Waals surface area contributed by atoms with E-state index in [1.165, 1.54) is 0 Å². The van der Waals surface area contributed by atoms with Crippen LogP contribution in [0.2, 0.25) is 5.15 Å². The van der Waals surface area contributed by atoms with E-state index >= 15 is 0 Å². The summed E-state index contributed by atoms with van der Waals surface area (Å²) in [7, 11) is 0. The normalized spacial score (nSPS) is 21.2. The molecule has 2 atom stereocenters. The van der Waals surface area contributed by atoms with Gasteiger partial charge in [0, 0.05) is 50.5 Å². The van der Waals surface area contributed by atoms with E-state index in [0.717, 1.165) is 62.2 Å². The summed E-state index contributed by atoms with van der Waals surface area (Å²) in [6, 6.07) is 4.35. The van der Waals surface area contributed by atoms with Crippen LogP contribution >= 0.6 is 11.6 Å². The molecule has 4 rings (SSSR count). The number of aryl methyl sites for hydroxylation is 1. The first-order chi connectivity index (χ1) is 15.4. The Bertz CT molecular complexity index is 987. The van der Waals surface area contributed by atoms with E-state index in [9.17, 15) is 4.79 Å². The number of carbonyl (C=O) groups excluding carboxylic acids is 1. The maximum absolute atomic E-state index is 12.0. The van der Waals surface area contributed by atoms with Crippen LogP contribution in [0.15, 0.2) is 18.3 Å². The molecule has 0 aliphatic carbocycles. The van der Waals surface area contributed by atoms with Gasteiger partial charge in [0.15, 0.2) is 0 Å². The molecule has 0 radical (unpaired) electrons. The summed E-state index contributed by atoms with van der Waals surface area (Å²) in [6.45, 7) is 11.9. The van der Waals surface area contributed by atoms with Crippen LogP contribution in [0.3, 0.4) is 0 Å². The van der Waals surface area contributed by atoms with Crippen LogP contribution in [0.4, 0.5) is 17.6 Å². The Hall–Kier alpha value is -2.61. The highest BCUT2D eigenvalue weighted by atomic mass is 35.5. The molecule has 2 aromatic rings. The number of rotatable bonds is 5. The second-order valence-electron chi connectivity index (χ2n) is 8.61. The summed E-state index contributed by atoms with van der Waals surface area (Å²) in [5.41, 5.74) is 1.45. The zero-order valence-corrected chi connectivity index (χ0v) is 20.0. The number of carbonyl (C=O) groups is 1. The minimum absolute atomic E-state index is 0.213. The molecule has 4 heterocycles. The molecule has 0 saturated carbocycles. The number of hydrogen-bond acceptors (Lipinski definition) is 8. The van der Waals surface area contributed by atoms with Gasteiger partial charge in [-0.15, -0.1) is 0 Å². The molecule has 2 aromatic heterocycles. The van der Waals surface area contributed by atoms with Gasteiger partial charge >= 0.3 is 5.97 Å². The third-order valence-electron chi connectivity index (χ3n) is 6.26. The molecule has 9 heteroatoms. The lowest BCUT2D eigenvalue weighted by Crippen LogP contribution is -2.53. The molecule has 0 amide bonds. The first-order valence-corrected chi connectivity index (χ1v) is 11.7. The van der Waals surface area contributed by atoms with Gasteiger partial charge in [-0.2, -0.15) is 4.98 Å². The molecule has 0 aromatic carbocycles. The molecule has 2 saturated heterocycles. The highest BCUT2D eigenvalue weighted by molar-refractivity contribution is 6.29. The molecule has 2 aliphatic rings. The monoisotopic (exact) mass is 458 g/mol. The number of ether oxygens (including phenoxy) is 1. The lowest BCUT2D eigenvalue weighted by Gasteiger charge is -2.41. The summed E-state index contributed by atoms with van der Waals surface area (Å²) in [5, 5.41) is 0.478. The van der Waals surface area contributed by atoms with Crippen LogP contribution in [0.5, 0.6) is 0 Å². The van der Waals surface area contributed by atoms with Crippen molar-refractivity contribution in [3.05, 3.63) is 34.6 Å². The summed E-state index contributed by atoms with van der Waals surface area (Å²) >= 11 is 6.39. The largest absolute Gasteiger partial charge is 0.462 e. The molecule has 0 bridgehead atoms. The quantitative estimate of drug-likeness (QED) is 0.495. The van der Waals surface area contributed by atoms with Gasteiger partial charge < -0.3 is 19.4 Å². The molecule has 8 nitrogen and oxygen atoms in total. The van der Waals surface area contributed by atoms with Crippen LogP contribution in [-0.4, -0.2) is 65.8 Å². The van der Waals surface area contributed by atoms with Gasteiger partial charge in [-0.05, 0) is 52.2 Å². The molecule has 2 unspecified atom stereocenters. The Morgan fingerprint density at radius 2 is 1.97 bits per heavy atom. The van der Waals surface area contributed by atoms with Crippen LogP contribution < -0.4 is 14.7 Å². The Labute approximate surface area is 194 Å². The lowest BCUT2D eigenvalue weighted by atomic mass is 10.1. The molecule has 2 aliphatic heterocycles. The highest BCUT2D eigenvalue weighted by Gasteiger charge is 2.29. The maximum atomic E-state index is 12.0. The minimum atomic E-state index is -0.336. The fraction of sp³-hybridized carbons (Fsp3) is 0.565. The third kappa shape index (κ3) is 4.60. The van der Waals surface area contributed by atoms with Crippen molar-refractivity contribution in [1.82, 2.24) is 15.0 Å². The highest BCUT2D eigenvalue weighted by Crippen LogP contribution is 2.29. The van der Waals surface area contributed by atoms with Gasteiger partial charge in [0.05, 0.1) is 12.2 Å². The van der Waals surface area contributed by atoms with Crippen molar-refractivity contribution in [1.29, 1.82) is 0 Å². The average molecular weight is 459 g/mol. The number of anilines is 3. The fourth-order valence-electron chi connectivity index (χ4n) is 4.62. The van der Waals surface area contributed by atoms with Crippen LogP contribution in [0.1, 0.15) is 49.5 Å². The zero-order chi connectivity index (χ0) is 22.8. The maximum Gasteiger partial charge on any atom is 0.339 e. The van der Waals surface area contributed by atoms with Gasteiger partial charge in [-0.25, -0.2) is 14.8 Å². The number of piperazine rings is 1. The van der Waals surface area contributed by atoms with Crippen molar-refractivity contribution in [2.24, 2.45) is 0 Å². The number of esters is 1. The molecule has 172 valence electrons. The van der Waals surface area contributed by atoms with Gasteiger partial charge in [-0.3, -0.25) is 0 Å². The summed E-state index contributed by atoms with van der Waals surface area (Å²) in [5.74, 6) is 2.15. The van der Waals surface area contributed by atoms with Gasteiger partial charge in [0.2, 0.25) is 5.95 Å². The zero-order valence-electron chi connectivity index (χ0n) is 19.2. The molecular formula is C23H31ClN6O2. The van der Waals surface area contributed by atoms with Gasteiger partial charge in [-0.1, -0.05) is 11.6 Å². The number of pyridine rings is 1. The van der Waals surface area contributed by atoms with Crippen molar-refractivity contribution >= 4 is 35.2 Å². The molecule has 2 fully saturated rings. The molecule has 32 heavy (non-hydrogen) atoms. The molecular weight excluding hydrogens is 428 g/mol. The minimum Gasteiger partial charge on any atom is -0.462 e. The van der Waals surface area contributed by atoms with Gasteiger partial charge in [0.1, 0.15) is 16.8 Å². The Morgan fingerprint density at radius 1 is 1.16 bits per heavy atom. The SMILES string of the molecule is CCOC(=O)c1cnc(N2CCN(c3cc(Cl)nc(N4CCCC4C)n3)C(C)C2)c(C)c1. The van der Waals surface area contributed by atoms with Gasteiger partial charge in [0.25, 0.3) is 0 Å². The van der Waals surface area contributed by atoms with Crippen molar-refractivity contribution in [3.8, 4) is 0 Å². The van der Waals surface area contributed by atoms with E-state index in [1.54, 1.807) is 13.1 Å². The summed E-state index contributed by atoms with van der Waals surface area (Å²) in [4.78, 5) is 32.7.